The normalized spacial score (nSPS) is 11.4. The van der Waals surface area contributed by atoms with E-state index in [2.05, 4.69) is 26.1 Å². The minimum Gasteiger partial charge on any atom is -0.491 e. The standard InChI is InChI=1S/C14H22FNO/c1-5-17-13-7-6-11(10-12(13)15)16-9-8-14(2,3)4/h6-7,10,16H,5,8-9H2,1-4H3. The Hall–Kier alpha value is -1.25. The van der Waals surface area contributed by atoms with E-state index in [1.807, 2.05) is 13.0 Å². The van der Waals surface area contributed by atoms with Crippen LogP contribution >= 0.6 is 0 Å². The molecule has 0 amide bonds. The van der Waals surface area contributed by atoms with Crippen LogP contribution in [-0.4, -0.2) is 13.2 Å². The van der Waals surface area contributed by atoms with Crippen LogP contribution < -0.4 is 10.1 Å². The van der Waals surface area contributed by atoms with Crippen molar-refractivity contribution in [2.24, 2.45) is 5.41 Å². The molecule has 0 unspecified atom stereocenters. The number of ether oxygens (including phenoxy) is 1. The van der Waals surface area contributed by atoms with Gasteiger partial charge in [0.1, 0.15) is 0 Å². The number of nitrogens with one attached hydrogen (secondary N) is 1. The second kappa shape index (κ2) is 5.89. The van der Waals surface area contributed by atoms with E-state index in [1.54, 1.807) is 6.07 Å². The fourth-order valence-electron chi connectivity index (χ4n) is 1.47. The van der Waals surface area contributed by atoms with Crippen molar-refractivity contribution >= 4 is 5.69 Å². The van der Waals surface area contributed by atoms with Crippen molar-refractivity contribution in [3.8, 4) is 5.75 Å². The Morgan fingerprint density at radius 2 is 2.00 bits per heavy atom. The molecule has 0 bridgehead atoms. The predicted octanol–water partition coefficient (Wildman–Crippen LogP) is 4.07. The van der Waals surface area contributed by atoms with Gasteiger partial charge in [0.15, 0.2) is 11.6 Å². The molecule has 1 N–H and O–H groups in total. The third kappa shape index (κ3) is 5.07. The van der Waals surface area contributed by atoms with Gasteiger partial charge in [0.2, 0.25) is 0 Å². The molecule has 0 fully saturated rings. The maximum Gasteiger partial charge on any atom is 0.167 e. The van der Waals surface area contributed by atoms with E-state index in [9.17, 15) is 4.39 Å². The fraction of sp³-hybridized carbons (Fsp3) is 0.571. The molecule has 0 saturated heterocycles. The van der Waals surface area contributed by atoms with E-state index in [1.165, 1.54) is 6.07 Å². The SMILES string of the molecule is CCOc1ccc(NCCC(C)(C)C)cc1F. The summed E-state index contributed by atoms with van der Waals surface area (Å²) < 4.78 is 18.7. The van der Waals surface area contributed by atoms with E-state index in [-0.39, 0.29) is 11.2 Å². The highest BCUT2D eigenvalue weighted by Crippen LogP contribution is 2.22. The summed E-state index contributed by atoms with van der Waals surface area (Å²) in [4.78, 5) is 0. The summed E-state index contributed by atoms with van der Waals surface area (Å²) in [6, 6.07) is 4.99. The number of anilines is 1. The molecule has 0 heterocycles. The van der Waals surface area contributed by atoms with Gasteiger partial charge < -0.3 is 10.1 Å². The summed E-state index contributed by atoms with van der Waals surface area (Å²) in [6.07, 6.45) is 1.04. The van der Waals surface area contributed by atoms with Crippen molar-refractivity contribution in [3.63, 3.8) is 0 Å². The van der Waals surface area contributed by atoms with Crippen molar-refractivity contribution < 1.29 is 9.13 Å². The predicted molar refractivity (Wildman–Crippen MR) is 70.1 cm³/mol. The summed E-state index contributed by atoms with van der Waals surface area (Å²) in [7, 11) is 0. The van der Waals surface area contributed by atoms with Crippen LogP contribution in [0.5, 0.6) is 5.75 Å². The molecule has 1 aromatic carbocycles. The van der Waals surface area contributed by atoms with Gasteiger partial charge in [-0.1, -0.05) is 20.8 Å². The van der Waals surface area contributed by atoms with E-state index in [0.29, 0.717) is 12.4 Å². The first kappa shape index (κ1) is 13.8. The van der Waals surface area contributed by atoms with Crippen LogP contribution in [0.1, 0.15) is 34.1 Å². The minimum atomic E-state index is -0.312. The van der Waals surface area contributed by atoms with Crippen LogP contribution in [0, 0.1) is 11.2 Å². The van der Waals surface area contributed by atoms with Crippen LogP contribution in [0.15, 0.2) is 18.2 Å². The average Bonchev–Trinajstić information content (AvgIpc) is 2.20. The van der Waals surface area contributed by atoms with E-state index >= 15 is 0 Å². The van der Waals surface area contributed by atoms with Crippen LogP contribution in [0.25, 0.3) is 0 Å². The van der Waals surface area contributed by atoms with E-state index < -0.39 is 0 Å². The molecular formula is C14H22FNO. The highest BCUT2D eigenvalue weighted by Gasteiger charge is 2.09. The minimum absolute atomic E-state index is 0.288. The second-order valence-corrected chi connectivity index (χ2v) is 5.32. The summed E-state index contributed by atoms with van der Waals surface area (Å²) in [6.45, 7) is 9.73. The maximum atomic E-state index is 13.5. The van der Waals surface area contributed by atoms with Gasteiger partial charge in [-0.05, 0) is 30.9 Å². The summed E-state index contributed by atoms with van der Waals surface area (Å²) in [5.41, 5.74) is 1.09. The van der Waals surface area contributed by atoms with Gasteiger partial charge in [-0.15, -0.1) is 0 Å². The molecule has 0 saturated carbocycles. The molecule has 0 aromatic heterocycles. The Kier molecular flexibility index (Phi) is 4.79. The molecule has 1 rings (SSSR count). The van der Waals surface area contributed by atoms with Crippen LogP contribution in [0.2, 0.25) is 0 Å². The maximum absolute atomic E-state index is 13.5. The largest absolute Gasteiger partial charge is 0.491 e. The lowest BCUT2D eigenvalue weighted by atomic mass is 9.92. The molecule has 3 heteroatoms. The van der Waals surface area contributed by atoms with Gasteiger partial charge in [0, 0.05) is 18.3 Å². The number of rotatable bonds is 5. The number of halogens is 1. The Balaban J connectivity index is 2.53. The molecule has 96 valence electrons. The van der Waals surface area contributed by atoms with Gasteiger partial charge in [-0.25, -0.2) is 4.39 Å². The third-order valence-corrected chi connectivity index (χ3v) is 2.44. The lowest BCUT2D eigenvalue weighted by Crippen LogP contribution is -2.12. The highest BCUT2D eigenvalue weighted by molar-refractivity contribution is 5.47. The molecule has 0 aliphatic rings. The number of hydrogen-bond donors (Lipinski definition) is 1. The topological polar surface area (TPSA) is 21.3 Å². The van der Waals surface area contributed by atoms with Crippen molar-refractivity contribution in [1.29, 1.82) is 0 Å². The first-order chi connectivity index (χ1) is 7.92. The van der Waals surface area contributed by atoms with E-state index in [4.69, 9.17) is 4.74 Å². The van der Waals surface area contributed by atoms with Gasteiger partial charge in [-0.2, -0.15) is 0 Å². The van der Waals surface area contributed by atoms with Gasteiger partial charge in [-0.3, -0.25) is 0 Å². The van der Waals surface area contributed by atoms with Crippen molar-refractivity contribution in [1.82, 2.24) is 0 Å². The van der Waals surface area contributed by atoms with Gasteiger partial charge in [0.25, 0.3) is 0 Å². The zero-order valence-electron chi connectivity index (χ0n) is 11.1. The molecular weight excluding hydrogens is 217 g/mol. The molecule has 0 spiro atoms. The van der Waals surface area contributed by atoms with Crippen LogP contribution in [-0.2, 0) is 0 Å². The third-order valence-electron chi connectivity index (χ3n) is 2.44. The Morgan fingerprint density at radius 1 is 1.29 bits per heavy atom. The summed E-state index contributed by atoms with van der Waals surface area (Å²) in [5.74, 6) is 0.00137. The zero-order valence-corrected chi connectivity index (χ0v) is 11.1. The molecule has 0 atom stereocenters. The zero-order chi connectivity index (χ0) is 12.9. The van der Waals surface area contributed by atoms with Gasteiger partial charge >= 0.3 is 0 Å². The Morgan fingerprint density at radius 3 is 2.53 bits per heavy atom. The number of benzene rings is 1. The first-order valence-corrected chi connectivity index (χ1v) is 6.08. The van der Waals surface area contributed by atoms with Crippen LogP contribution in [0.3, 0.4) is 0 Å². The Bertz CT molecular complexity index is 358. The van der Waals surface area contributed by atoms with Crippen molar-refractivity contribution in [2.75, 3.05) is 18.5 Å². The molecule has 2 nitrogen and oxygen atoms in total. The van der Waals surface area contributed by atoms with Gasteiger partial charge in [0.05, 0.1) is 6.61 Å². The van der Waals surface area contributed by atoms with Crippen molar-refractivity contribution in [3.05, 3.63) is 24.0 Å². The average molecular weight is 239 g/mol. The monoisotopic (exact) mass is 239 g/mol. The summed E-state index contributed by atoms with van der Waals surface area (Å²) >= 11 is 0. The molecule has 17 heavy (non-hydrogen) atoms. The molecule has 0 radical (unpaired) electrons. The fourth-order valence-corrected chi connectivity index (χ4v) is 1.47. The summed E-state index contributed by atoms with van der Waals surface area (Å²) in [5, 5.41) is 3.22. The first-order valence-electron chi connectivity index (χ1n) is 6.08. The molecule has 0 aliphatic carbocycles. The van der Waals surface area contributed by atoms with E-state index in [0.717, 1.165) is 18.7 Å². The lowest BCUT2D eigenvalue weighted by molar-refractivity contribution is 0.321. The van der Waals surface area contributed by atoms with Crippen molar-refractivity contribution in [2.45, 2.75) is 34.1 Å². The Labute approximate surface area is 103 Å². The molecule has 1 aromatic rings. The lowest BCUT2D eigenvalue weighted by Gasteiger charge is -2.18. The smallest absolute Gasteiger partial charge is 0.167 e. The second-order valence-electron chi connectivity index (χ2n) is 5.32. The highest BCUT2D eigenvalue weighted by atomic mass is 19.1. The number of hydrogen-bond acceptors (Lipinski definition) is 2. The molecule has 0 aliphatic heterocycles. The quantitative estimate of drug-likeness (QED) is 0.836. The van der Waals surface area contributed by atoms with Crippen LogP contribution in [0.4, 0.5) is 10.1 Å².